The van der Waals surface area contributed by atoms with E-state index in [0.717, 1.165) is 5.57 Å². The lowest BCUT2D eigenvalue weighted by Crippen LogP contribution is -2.56. The van der Waals surface area contributed by atoms with Crippen molar-refractivity contribution in [1.29, 1.82) is 0 Å². The zero-order valence-corrected chi connectivity index (χ0v) is 13.7. The van der Waals surface area contributed by atoms with E-state index in [-0.39, 0.29) is 23.7 Å². The largest absolute Gasteiger partial charge is 0.458 e. The molecular formula is C17H26F2O3. The fourth-order valence-corrected chi connectivity index (χ4v) is 4.14. The zero-order valence-electron chi connectivity index (χ0n) is 13.7. The van der Waals surface area contributed by atoms with Crippen LogP contribution in [0.15, 0.2) is 11.6 Å². The van der Waals surface area contributed by atoms with E-state index in [9.17, 15) is 18.7 Å². The van der Waals surface area contributed by atoms with Crippen molar-refractivity contribution in [1.82, 2.24) is 0 Å². The van der Waals surface area contributed by atoms with Gasteiger partial charge in [0.2, 0.25) is 6.43 Å². The molecule has 6 atom stereocenters. The summed E-state index contributed by atoms with van der Waals surface area (Å²) >= 11 is 0. The molecule has 0 amide bonds. The van der Waals surface area contributed by atoms with Gasteiger partial charge in [0.05, 0.1) is 5.60 Å². The summed E-state index contributed by atoms with van der Waals surface area (Å²) in [5.74, 6) is -1.68. The van der Waals surface area contributed by atoms with Gasteiger partial charge in [0.1, 0.15) is 6.10 Å². The first kappa shape index (κ1) is 17.4. The zero-order chi connectivity index (χ0) is 16.7. The molecular weight excluding hydrogens is 290 g/mol. The summed E-state index contributed by atoms with van der Waals surface area (Å²) in [5.41, 5.74) is -0.225. The number of carbonyl (C=O) groups excluding carboxylic acids is 1. The summed E-state index contributed by atoms with van der Waals surface area (Å²) in [6.07, 6.45) is 0.740. The molecule has 22 heavy (non-hydrogen) atoms. The molecule has 1 unspecified atom stereocenters. The second-order valence-corrected chi connectivity index (χ2v) is 7.07. The van der Waals surface area contributed by atoms with Gasteiger partial charge in [0, 0.05) is 25.2 Å². The Morgan fingerprint density at radius 2 is 2.09 bits per heavy atom. The Labute approximate surface area is 130 Å². The average molecular weight is 316 g/mol. The average Bonchev–Trinajstić information content (AvgIpc) is 2.41. The van der Waals surface area contributed by atoms with Crippen molar-refractivity contribution < 1.29 is 23.4 Å². The number of ether oxygens (including phenoxy) is 1. The number of carbonyl (C=O) groups is 1. The van der Waals surface area contributed by atoms with E-state index < -0.39 is 24.0 Å². The van der Waals surface area contributed by atoms with Crippen LogP contribution < -0.4 is 0 Å². The lowest BCUT2D eigenvalue weighted by atomic mass is 9.57. The van der Waals surface area contributed by atoms with Crippen molar-refractivity contribution in [3.63, 3.8) is 0 Å². The highest BCUT2D eigenvalue weighted by molar-refractivity contribution is 5.66. The molecule has 1 saturated carbocycles. The Morgan fingerprint density at radius 3 is 2.64 bits per heavy atom. The fourth-order valence-electron chi connectivity index (χ4n) is 4.14. The highest BCUT2D eigenvalue weighted by atomic mass is 19.3. The predicted molar refractivity (Wildman–Crippen MR) is 79.4 cm³/mol. The number of hydrogen-bond acceptors (Lipinski definition) is 3. The lowest BCUT2D eigenvalue weighted by Gasteiger charge is -2.52. The first-order chi connectivity index (χ1) is 10.2. The van der Waals surface area contributed by atoms with Gasteiger partial charge in [-0.15, -0.1) is 0 Å². The molecule has 0 aliphatic heterocycles. The van der Waals surface area contributed by atoms with Gasteiger partial charge in [0.25, 0.3) is 0 Å². The third-order valence-corrected chi connectivity index (χ3v) is 5.67. The van der Waals surface area contributed by atoms with Crippen LogP contribution in [0.5, 0.6) is 0 Å². The number of aliphatic hydroxyl groups is 1. The first-order valence-corrected chi connectivity index (χ1v) is 8.03. The SMILES string of the molecule is CC(=O)O[C@@H]1C[C@@]2(O)[C@H](C)CC[C@@H](C(C)C(F)F)[C@H]2C=C1C. The Kier molecular flexibility index (Phi) is 4.95. The van der Waals surface area contributed by atoms with E-state index in [1.54, 1.807) is 6.92 Å². The normalized spacial score (nSPS) is 39.9. The maximum atomic E-state index is 13.2. The van der Waals surface area contributed by atoms with E-state index in [1.807, 2.05) is 19.9 Å². The molecule has 2 rings (SSSR count). The van der Waals surface area contributed by atoms with Crippen molar-refractivity contribution in [2.75, 3.05) is 0 Å². The summed E-state index contributed by atoms with van der Waals surface area (Å²) < 4.78 is 31.6. The van der Waals surface area contributed by atoms with Crippen LogP contribution in [0, 0.1) is 23.7 Å². The minimum atomic E-state index is -2.39. The first-order valence-electron chi connectivity index (χ1n) is 8.03. The van der Waals surface area contributed by atoms with Gasteiger partial charge in [-0.25, -0.2) is 8.78 Å². The third kappa shape index (κ3) is 3.05. The molecule has 0 radical (unpaired) electrons. The van der Waals surface area contributed by atoms with E-state index in [4.69, 9.17) is 4.74 Å². The summed E-state index contributed by atoms with van der Waals surface area (Å²) in [7, 11) is 0. The summed E-state index contributed by atoms with van der Waals surface area (Å²) in [5, 5.41) is 11.2. The minimum absolute atomic E-state index is 0.000954. The van der Waals surface area contributed by atoms with E-state index >= 15 is 0 Å². The van der Waals surface area contributed by atoms with Gasteiger partial charge in [-0.3, -0.25) is 4.79 Å². The van der Waals surface area contributed by atoms with Crippen LogP contribution in [0.2, 0.25) is 0 Å². The molecule has 0 aromatic heterocycles. The molecule has 0 spiro atoms. The Balaban J connectivity index is 2.34. The van der Waals surface area contributed by atoms with Crippen molar-refractivity contribution in [2.24, 2.45) is 23.7 Å². The predicted octanol–water partition coefficient (Wildman–Crippen LogP) is 3.56. The van der Waals surface area contributed by atoms with E-state index in [2.05, 4.69) is 0 Å². The highest BCUT2D eigenvalue weighted by Gasteiger charge is 2.53. The summed E-state index contributed by atoms with van der Waals surface area (Å²) in [4.78, 5) is 11.2. The molecule has 0 bridgehead atoms. The number of esters is 1. The molecule has 5 heteroatoms. The molecule has 0 aromatic rings. The highest BCUT2D eigenvalue weighted by Crippen LogP contribution is 2.51. The van der Waals surface area contributed by atoms with Crippen LogP contribution in [0.3, 0.4) is 0 Å². The summed E-state index contributed by atoms with van der Waals surface area (Å²) in [6.45, 7) is 6.70. The van der Waals surface area contributed by atoms with Crippen molar-refractivity contribution in [3.8, 4) is 0 Å². The van der Waals surface area contributed by atoms with E-state index in [0.29, 0.717) is 19.3 Å². The maximum absolute atomic E-state index is 13.2. The second-order valence-electron chi connectivity index (χ2n) is 7.07. The van der Waals surface area contributed by atoms with Gasteiger partial charge in [0.15, 0.2) is 0 Å². The van der Waals surface area contributed by atoms with Gasteiger partial charge in [-0.2, -0.15) is 0 Å². The molecule has 1 N–H and O–H groups in total. The molecule has 0 heterocycles. The van der Waals surface area contributed by atoms with Crippen LogP contribution in [0.25, 0.3) is 0 Å². The Morgan fingerprint density at radius 1 is 1.45 bits per heavy atom. The van der Waals surface area contributed by atoms with Crippen molar-refractivity contribution in [3.05, 3.63) is 11.6 Å². The molecule has 0 aromatic carbocycles. The van der Waals surface area contributed by atoms with Crippen LogP contribution in [-0.4, -0.2) is 29.2 Å². The maximum Gasteiger partial charge on any atom is 0.303 e. The molecule has 3 nitrogen and oxygen atoms in total. The Hall–Kier alpha value is -0.970. The molecule has 1 fully saturated rings. The smallest absolute Gasteiger partial charge is 0.303 e. The monoisotopic (exact) mass is 316 g/mol. The molecule has 2 aliphatic rings. The van der Waals surface area contributed by atoms with Crippen LogP contribution in [-0.2, 0) is 9.53 Å². The minimum Gasteiger partial charge on any atom is -0.458 e. The summed E-state index contributed by atoms with van der Waals surface area (Å²) in [6, 6.07) is 0. The van der Waals surface area contributed by atoms with Gasteiger partial charge in [-0.05, 0) is 37.2 Å². The van der Waals surface area contributed by atoms with Crippen LogP contribution in [0.4, 0.5) is 8.78 Å². The molecule has 0 saturated heterocycles. The number of rotatable bonds is 3. The van der Waals surface area contributed by atoms with Crippen LogP contribution in [0.1, 0.15) is 47.0 Å². The van der Waals surface area contributed by atoms with Gasteiger partial charge in [-0.1, -0.05) is 19.9 Å². The van der Waals surface area contributed by atoms with Gasteiger partial charge >= 0.3 is 5.97 Å². The number of fused-ring (bicyclic) bond motifs is 1. The Bertz CT molecular complexity index is 463. The number of alkyl halides is 2. The van der Waals surface area contributed by atoms with Crippen molar-refractivity contribution in [2.45, 2.75) is 65.1 Å². The quantitative estimate of drug-likeness (QED) is 0.639. The third-order valence-electron chi connectivity index (χ3n) is 5.67. The second kappa shape index (κ2) is 6.26. The lowest BCUT2D eigenvalue weighted by molar-refractivity contribution is -0.161. The topological polar surface area (TPSA) is 46.5 Å². The number of hydrogen-bond donors (Lipinski definition) is 1. The molecule has 126 valence electrons. The molecule has 2 aliphatic carbocycles. The number of halogens is 2. The van der Waals surface area contributed by atoms with Crippen LogP contribution >= 0.6 is 0 Å². The van der Waals surface area contributed by atoms with Gasteiger partial charge < -0.3 is 9.84 Å². The standard InChI is InChI=1S/C17H26F2O3/c1-9-7-14-13(11(3)16(18)19)6-5-10(2)17(14,21)8-15(9)22-12(4)20/h7,10-11,13-16,21H,5-6,8H2,1-4H3/t10-,11?,13+,14-,15-,17-/m1/s1. The fraction of sp³-hybridized carbons (Fsp3) is 0.824. The van der Waals surface area contributed by atoms with Crippen molar-refractivity contribution >= 4 is 5.97 Å². The van der Waals surface area contributed by atoms with E-state index in [1.165, 1.54) is 6.92 Å².